The highest BCUT2D eigenvalue weighted by molar-refractivity contribution is 5.30. The molecule has 0 atom stereocenters. The van der Waals surface area contributed by atoms with Crippen molar-refractivity contribution >= 4 is 5.95 Å². The lowest BCUT2D eigenvalue weighted by Crippen LogP contribution is -2.18. The van der Waals surface area contributed by atoms with Crippen molar-refractivity contribution in [3.05, 3.63) is 11.8 Å². The minimum absolute atomic E-state index is 0.139. The zero-order chi connectivity index (χ0) is 13.7. The van der Waals surface area contributed by atoms with E-state index in [9.17, 15) is 0 Å². The van der Waals surface area contributed by atoms with Crippen LogP contribution < -0.4 is 10.1 Å². The summed E-state index contributed by atoms with van der Waals surface area (Å²) < 4.78 is 5.64. The Labute approximate surface area is 116 Å². The van der Waals surface area contributed by atoms with Crippen LogP contribution in [0.5, 0.6) is 5.88 Å². The molecule has 1 aromatic heterocycles. The molecular formula is C15H25N3O. The van der Waals surface area contributed by atoms with Crippen molar-refractivity contribution in [2.45, 2.75) is 59.0 Å². The van der Waals surface area contributed by atoms with Gasteiger partial charge in [-0.25, -0.2) is 4.98 Å². The van der Waals surface area contributed by atoms with Crippen molar-refractivity contribution in [1.82, 2.24) is 9.97 Å². The number of aryl methyl sites for hydroxylation is 1. The van der Waals surface area contributed by atoms with Crippen molar-refractivity contribution in [2.75, 3.05) is 11.9 Å². The monoisotopic (exact) mass is 263 g/mol. The van der Waals surface area contributed by atoms with Gasteiger partial charge in [0.15, 0.2) is 0 Å². The topological polar surface area (TPSA) is 47.0 Å². The summed E-state index contributed by atoms with van der Waals surface area (Å²) in [7, 11) is 0. The molecule has 0 radical (unpaired) electrons. The summed E-state index contributed by atoms with van der Waals surface area (Å²) in [6.07, 6.45) is 6.91. The summed E-state index contributed by atoms with van der Waals surface area (Å²) in [6, 6.07) is 1.88. The Morgan fingerprint density at radius 3 is 2.68 bits per heavy atom. The molecule has 19 heavy (non-hydrogen) atoms. The van der Waals surface area contributed by atoms with Crippen LogP contribution >= 0.6 is 0 Å². The molecule has 106 valence electrons. The molecule has 1 aliphatic rings. The van der Waals surface area contributed by atoms with Crippen LogP contribution in [0.3, 0.4) is 0 Å². The first-order chi connectivity index (χ1) is 9.13. The first-order valence-electron chi connectivity index (χ1n) is 7.39. The predicted molar refractivity (Wildman–Crippen MR) is 77.6 cm³/mol. The Morgan fingerprint density at radius 1 is 1.26 bits per heavy atom. The minimum Gasteiger partial charge on any atom is -0.475 e. The van der Waals surface area contributed by atoms with E-state index < -0.39 is 0 Å². The SMILES string of the molecule is Cc1cc(OC(C)C)nc(NCC2CCCCC2)n1. The highest BCUT2D eigenvalue weighted by Gasteiger charge is 2.14. The van der Waals surface area contributed by atoms with E-state index in [1.54, 1.807) is 0 Å². The third-order valence-electron chi connectivity index (χ3n) is 3.46. The zero-order valence-corrected chi connectivity index (χ0v) is 12.3. The van der Waals surface area contributed by atoms with Crippen molar-refractivity contribution < 1.29 is 4.74 Å². The maximum Gasteiger partial charge on any atom is 0.226 e. The second-order valence-electron chi connectivity index (χ2n) is 5.72. The second kappa shape index (κ2) is 6.73. The molecule has 0 aliphatic heterocycles. The molecule has 0 saturated heterocycles. The fraction of sp³-hybridized carbons (Fsp3) is 0.733. The molecule has 0 unspecified atom stereocenters. The highest BCUT2D eigenvalue weighted by atomic mass is 16.5. The molecule has 1 aromatic rings. The van der Waals surface area contributed by atoms with Crippen molar-refractivity contribution in [3.63, 3.8) is 0 Å². The first-order valence-corrected chi connectivity index (χ1v) is 7.39. The van der Waals surface area contributed by atoms with E-state index in [4.69, 9.17) is 4.74 Å². The van der Waals surface area contributed by atoms with Crippen molar-refractivity contribution in [3.8, 4) is 5.88 Å². The van der Waals surface area contributed by atoms with Crippen molar-refractivity contribution in [2.24, 2.45) is 5.92 Å². The maximum atomic E-state index is 5.64. The number of hydrogen-bond donors (Lipinski definition) is 1. The third-order valence-corrected chi connectivity index (χ3v) is 3.46. The summed E-state index contributed by atoms with van der Waals surface area (Å²) >= 11 is 0. The highest BCUT2D eigenvalue weighted by Crippen LogP contribution is 2.23. The molecule has 1 saturated carbocycles. The number of aromatic nitrogens is 2. The van der Waals surface area contributed by atoms with Gasteiger partial charge in [0.05, 0.1) is 6.10 Å². The molecule has 4 heteroatoms. The Morgan fingerprint density at radius 2 is 2.00 bits per heavy atom. The van der Waals surface area contributed by atoms with Gasteiger partial charge in [0.2, 0.25) is 11.8 Å². The predicted octanol–water partition coefficient (Wildman–Crippen LogP) is 3.56. The summed E-state index contributed by atoms with van der Waals surface area (Å²) in [5.74, 6) is 2.13. The molecule has 0 amide bonds. The number of hydrogen-bond acceptors (Lipinski definition) is 4. The van der Waals surface area contributed by atoms with Crippen LogP contribution in [-0.4, -0.2) is 22.6 Å². The number of nitrogens with zero attached hydrogens (tertiary/aromatic N) is 2. The lowest BCUT2D eigenvalue weighted by molar-refractivity contribution is 0.232. The van der Waals surface area contributed by atoms with E-state index in [2.05, 4.69) is 15.3 Å². The Balaban J connectivity index is 1.93. The molecular weight excluding hydrogens is 238 g/mol. The minimum atomic E-state index is 0.139. The normalized spacial score (nSPS) is 16.6. The van der Waals surface area contributed by atoms with Crippen LogP contribution in [0, 0.1) is 12.8 Å². The molecule has 0 spiro atoms. The van der Waals surface area contributed by atoms with E-state index in [1.165, 1.54) is 32.1 Å². The fourth-order valence-electron chi connectivity index (χ4n) is 2.55. The smallest absolute Gasteiger partial charge is 0.226 e. The molecule has 2 rings (SSSR count). The van der Waals surface area contributed by atoms with E-state index in [-0.39, 0.29) is 6.10 Å². The largest absolute Gasteiger partial charge is 0.475 e. The van der Waals surface area contributed by atoms with Gasteiger partial charge in [0.1, 0.15) is 0 Å². The number of nitrogens with one attached hydrogen (secondary N) is 1. The quantitative estimate of drug-likeness (QED) is 0.882. The van der Waals surface area contributed by atoms with E-state index in [0.29, 0.717) is 11.8 Å². The fourth-order valence-corrected chi connectivity index (χ4v) is 2.55. The number of ether oxygens (including phenoxy) is 1. The van der Waals surface area contributed by atoms with Gasteiger partial charge in [-0.2, -0.15) is 4.98 Å². The van der Waals surface area contributed by atoms with Gasteiger partial charge >= 0.3 is 0 Å². The van der Waals surface area contributed by atoms with E-state index in [0.717, 1.165) is 18.2 Å². The zero-order valence-electron chi connectivity index (χ0n) is 12.3. The van der Waals surface area contributed by atoms with Crippen molar-refractivity contribution in [1.29, 1.82) is 0 Å². The summed E-state index contributed by atoms with van der Waals surface area (Å²) in [6.45, 7) is 6.96. The van der Waals surface area contributed by atoms with Crippen LogP contribution in [0.1, 0.15) is 51.6 Å². The first kappa shape index (κ1) is 14.1. The third kappa shape index (κ3) is 4.69. The molecule has 1 heterocycles. The number of rotatable bonds is 5. The molecule has 0 aromatic carbocycles. The van der Waals surface area contributed by atoms with Crippen LogP contribution in [0.15, 0.2) is 6.07 Å². The van der Waals surface area contributed by atoms with Crippen LogP contribution in [-0.2, 0) is 0 Å². The molecule has 4 nitrogen and oxygen atoms in total. The molecule has 0 bridgehead atoms. The molecule has 1 N–H and O–H groups in total. The van der Waals surface area contributed by atoms with Crippen LogP contribution in [0.25, 0.3) is 0 Å². The second-order valence-corrected chi connectivity index (χ2v) is 5.72. The van der Waals surface area contributed by atoms with Crippen LogP contribution in [0.4, 0.5) is 5.95 Å². The van der Waals surface area contributed by atoms with Gasteiger partial charge in [-0.1, -0.05) is 19.3 Å². The molecule has 1 aliphatic carbocycles. The maximum absolute atomic E-state index is 5.64. The Hall–Kier alpha value is -1.32. The van der Waals surface area contributed by atoms with Gasteiger partial charge < -0.3 is 10.1 Å². The average Bonchev–Trinajstić information content (AvgIpc) is 2.36. The number of anilines is 1. The lowest BCUT2D eigenvalue weighted by Gasteiger charge is -2.21. The van der Waals surface area contributed by atoms with Gasteiger partial charge in [0, 0.05) is 18.3 Å². The lowest BCUT2D eigenvalue weighted by atomic mass is 9.89. The van der Waals surface area contributed by atoms with E-state index >= 15 is 0 Å². The summed E-state index contributed by atoms with van der Waals surface area (Å²) in [5, 5.41) is 3.37. The average molecular weight is 263 g/mol. The standard InChI is InChI=1S/C15H25N3O/c1-11(2)19-14-9-12(3)17-15(18-14)16-10-13-7-5-4-6-8-13/h9,11,13H,4-8,10H2,1-3H3,(H,16,17,18). The summed E-state index contributed by atoms with van der Waals surface area (Å²) in [5.41, 5.74) is 0.941. The Bertz CT molecular complexity index is 400. The van der Waals surface area contributed by atoms with Gasteiger partial charge in [-0.15, -0.1) is 0 Å². The van der Waals surface area contributed by atoms with E-state index in [1.807, 2.05) is 26.8 Å². The Kier molecular flexibility index (Phi) is 5.00. The molecule has 1 fully saturated rings. The van der Waals surface area contributed by atoms with Crippen LogP contribution in [0.2, 0.25) is 0 Å². The van der Waals surface area contributed by atoms with Gasteiger partial charge in [-0.05, 0) is 39.5 Å². The summed E-state index contributed by atoms with van der Waals surface area (Å²) in [4.78, 5) is 8.84. The van der Waals surface area contributed by atoms with Gasteiger partial charge in [0.25, 0.3) is 0 Å². The van der Waals surface area contributed by atoms with Gasteiger partial charge in [-0.3, -0.25) is 0 Å².